The van der Waals surface area contributed by atoms with E-state index in [0.29, 0.717) is 13.1 Å². The van der Waals surface area contributed by atoms with Gasteiger partial charge in [0.05, 0.1) is 24.7 Å². The summed E-state index contributed by atoms with van der Waals surface area (Å²) >= 11 is 0. The highest BCUT2D eigenvalue weighted by atomic mass is 16.5. The lowest BCUT2D eigenvalue weighted by molar-refractivity contribution is -0.163. The van der Waals surface area contributed by atoms with Crippen LogP contribution < -0.4 is 0 Å². The fourth-order valence-corrected chi connectivity index (χ4v) is 3.18. The highest BCUT2D eigenvalue weighted by Crippen LogP contribution is 2.47. The van der Waals surface area contributed by atoms with Crippen LogP contribution in [0.1, 0.15) is 45.3 Å². The molecule has 2 fully saturated rings. The molecule has 4 nitrogen and oxygen atoms in total. The van der Waals surface area contributed by atoms with E-state index in [0.717, 1.165) is 18.4 Å². The van der Waals surface area contributed by atoms with Crippen molar-refractivity contribution in [3.63, 3.8) is 0 Å². The van der Waals surface area contributed by atoms with E-state index >= 15 is 0 Å². The molecule has 0 bridgehead atoms. The van der Waals surface area contributed by atoms with Crippen LogP contribution in [-0.2, 0) is 9.53 Å². The zero-order chi connectivity index (χ0) is 16.7. The summed E-state index contributed by atoms with van der Waals surface area (Å²) in [4.78, 5) is 14.8. The monoisotopic (exact) mass is 317 g/mol. The average molecular weight is 317 g/mol. The Morgan fingerprint density at radius 3 is 2.43 bits per heavy atom. The van der Waals surface area contributed by atoms with E-state index in [1.165, 1.54) is 0 Å². The maximum absolute atomic E-state index is 12.9. The summed E-state index contributed by atoms with van der Waals surface area (Å²) in [6.45, 7) is 7.57. The Labute approximate surface area is 138 Å². The van der Waals surface area contributed by atoms with E-state index in [4.69, 9.17) is 4.74 Å². The predicted octanol–water partition coefficient (Wildman–Crippen LogP) is 2.77. The van der Waals surface area contributed by atoms with E-state index in [1.807, 2.05) is 23.1 Å². The molecule has 0 unspecified atom stereocenters. The molecule has 2 aliphatic rings. The van der Waals surface area contributed by atoms with Crippen LogP contribution in [0.2, 0.25) is 0 Å². The Kier molecular flexibility index (Phi) is 4.23. The van der Waals surface area contributed by atoms with Crippen molar-refractivity contribution in [1.82, 2.24) is 4.90 Å². The summed E-state index contributed by atoms with van der Waals surface area (Å²) < 4.78 is 6.33. The van der Waals surface area contributed by atoms with Gasteiger partial charge in [-0.3, -0.25) is 4.79 Å². The summed E-state index contributed by atoms with van der Waals surface area (Å²) in [5, 5.41) is 9.59. The first-order valence-electron chi connectivity index (χ1n) is 8.46. The van der Waals surface area contributed by atoms with Gasteiger partial charge in [0.2, 0.25) is 5.91 Å². The Hall–Kier alpha value is -1.39. The first-order chi connectivity index (χ1) is 10.9. The van der Waals surface area contributed by atoms with Crippen molar-refractivity contribution < 1.29 is 14.6 Å². The van der Waals surface area contributed by atoms with Gasteiger partial charge in [-0.25, -0.2) is 0 Å². The maximum atomic E-state index is 12.9. The number of hydrogen-bond acceptors (Lipinski definition) is 3. The summed E-state index contributed by atoms with van der Waals surface area (Å²) in [6, 6.07) is 10.1. The quantitative estimate of drug-likeness (QED) is 0.932. The molecule has 0 aromatic heterocycles. The van der Waals surface area contributed by atoms with E-state index < -0.39 is 5.41 Å². The van der Waals surface area contributed by atoms with Crippen molar-refractivity contribution in [2.75, 3.05) is 19.7 Å². The largest absolute Gasteiger partial charge is 0.395 e. The molecule has 1 saturated carbocycles. The number of carbonyl (C=O) groups is 1. The summed E-state index contributed by atoms with van der Waals surface area (Å²) in [6.07, 6.45) is 1.48. The molecule has 1 aromatic carbocycles. The van der Waals surface area contributed by atoms with Crippen LogP contribution in [0.15, 0.2) is 30.3 Å². The van der Waals surface area contributed by atoms with Crippen molar-refractivity contribution in [2.24, 2.45) is 10.8 Å². The van der Waals surface area contributed by atoms with Crippen molar-refractivity contribution in [1.29, 1.82) is 0 Å². The van der Waals surface area contributed by atoms with Crippen molar-refractivity contribution in [2.45, 2.75) is 45.8 Å². The molecule has 1 heterocycles. The molecule has 4 heteroatoms. The van der Waals surface area contributed by atoms with Crippen LogP contribution in [0.4, 0.5) is 0 Å². The molecule has 2 atom stereocenters. The summed E-state index contributed by atoms with van der Waals surface area (Å²) in [7, 11) is 0. The third kappa shape index (κ3) is 3.29. The maximum Gasteiger partial charge on any atom is 0.231 e. The molecule has 1 amide bonds. The highest BCUT2D eigenvalue weighted by Gasteiger charge is 2.52. The molecule has 0 radical (unpaired) electrons. The number of nitrogens with zero attached hydrogens (tertiary/aromatic N) is 1. The van der Waals surface area contributed by atoms with Gasteiger partial charge in [-0.1, -0.05) is 51.1 Å². The van der Waals surface area contributed by atoms with Gasteiger partial charge in [-0.05, 0) is 23.8 Å². The van der Waals surface area contributed by atoms with Gasteiger partial charge in [0.25, 0.3) is 0 Å². The third-order valence-electron chi connectivity index (χ3n) is 5.14. The van der Waals surface area contributed by atoms with Gasteiger partial charge in [-0.2, -0.15) is 0 Å². The van der Waals surface area contributed by atoms with Gasteiger partial charge >= 0.3 is 0 Å². The number of benzene rings is 1. The molecule has 0 spiro atoms. The number of rotatable bonds is 3. The van der Waals surface area contributed by atoms with Gasteiger partial charge in [-0.15, -0.1) is 0 Å². The second-order valence-corrected chi connectivity index (χ2v) is 8.04. The molecular weight excluding hydrogens is 290 g/mol. The van der Waals surface area contributed by atoms with Crippen molar-refractivity contribution in [3.8, 4) is 0 Å². The Morgan fingerprint density at radius 1 is 1.26 bits per heavy atom. The van der Waals surface area contributed by atoms with Crippen LogP contribution >= 0.6 is 0 Å². The minimum Gasteiger partial charge on any atom is -0.395 e. The molecule has 1 aliphatic carbocycles. The lowest BCUT2D eigenvalue weighted by Gasteiger charge is -2.44. The number of hydrogen-bond donors (Lipinski definition) is 1. The molecule has 3 rings (SSSR count). The number of aliphatic hydroxyl groups is 1. The minimum atomic E-state index is -0.513. The van der Waals surface area contributed by atoms with Crippen LogP contribution in [-0.4, -0.2) is 41.7 Å². The Morgan fingerprint density at radius 2 is 1.91 bits per heavy atom. The normalized spacial score (nSPS) is 26.9. The molecule has 126 valence electrons. The van der Waals surface area contributed by atoms with Gasteiger partial charge < -0.3 is 14.7 Å². The number of ether oxygens (including phenoxy) is 1. The second kappa shape index (κ2) is 5.91. The molecular formula is C19H27NO3. The number of amides is 1. The first kappa shape index (κ1) is 16.5. The molecule has 23 heavy (non-hydrogen) atoms. The number of carbonyl (C=O) groups excluding carboxylic acids is 1. The van der Waals surface area contributed by atoms with Crippen molar-refractivity contribution >= 4 is 5.91 Å². The van der Waals surface area contributed by atoms with Crippen LogP contribution in [0.3, 0.4) is 0 Å². The zero-order valence-corrected chi connectivity index (χ0v) is 14.3. The summed E-state index contributed by atoms with van der Waals surface area (Å²) in [5.74, 6) is 0.0958. The lowest BCUT2D eigenvalue weighted by Crippen LogP contribution is -2.53. The van der Waals surface area contributed by atoms with Crippen LogP contribution in [0.5, 0.6) is 0 Å². The van der Waals surface area contributed by atoms with Crippen LogP contribution in [0.25, 0.3) is 0 Å². The Balaban J connectivity index is 1.84. The Bertz CT molecular complexity index is 560. The van der Waals surface area contributed by atoms with Crippen LogP contribution in [0, 0.1) is 10.8 Å². The highest BCUT2D eigenvalue weighted by molar-refractivity contribution is 5.85. The molecule has 1 N–H and O–H groups in total. The third-order valence-corrected chi connectivity index (χ3v) is 5.14. The van der Waals surface area contributed by atoms with Gasteiger partial charge in [0, 0.05) is 6.54 Å². The lowest BCUT2D eigenvalue weighted by atomic mass is 9.86. The number of morpholine rings is 1. The zero-order valence-electron chi connectivity index (χ0n) is 14.3. The molecule has 1 aromatic rings. The van der Waals surface area contributed by atoms with E-state index in [-0.39, 0.29) is 30.1 Å². The average Bonchev–Trinajstić information content (AvgIpc) is 3.35. The second-order valence-electron chi connectivity index (χ2n) is 8.04. The smallest absolute Gasteiger partial charge is 0.231 e. The summed E-state index contributed by atoms with van der Waals surface area (Å²) in [5.41, 5.74) is 0.552. The topological polar surface area (TPSA) is 49.8 Å². The predicted molar refractivity (Wildman–Crippen MR) is 88.8 cm³/mol. The number of aliphatic hydroxyl groups excluding tert-OH is 1. The fraction of sp³-hybridized carbons (Fsp3) is 0.632. The fourth-order valence-electron chi connectivity index (χ4n) is 3.18. The SMILES string of the molecule is CC(C)(C)[C@H]1CN(C(=O)C2(CO)CC2)C[C@@H](c2ccccc2)O1. The molecule has 1 aliphatic heterocycles. The minimum absolute atomic E-state index is 0.0140. The van der Waals surface area contributed by atoms with E-state index in [9.17, 15) is 9.90 Å². The van der Waals surface area contributed by atoms with E-state index in [2.05, 4.69) is 32.9 Å². The van der Waals surface area contributed by atoms with E-state index in [1.54, 1.807) is 0 Å². The first-order valence-corrected chi connectivity index (χ1v) is 8.46. The standard InChI is InChI=1S/C19H27NO3/c1-18(2,3)16-12-20(17(22)19(13-21)9-10-19)11-15(23-16)14-7-5-4-6-8-14/h4-8,15-16,21H,9-13H2,1-3H3/t15-,16+/m0/s1. The molecule has 1 saturated heterocycles. The van der Waals surface area contributed by atoms with Crippen molar-refractivity contribution in [3.05, 3.63) is 35.9 Å². The van der Waals surface area contributed by atoms with Gasteiger partial charge in [0.1, 0.15) is 6.10 Å². The van der Waals surface area contributed by atoms with Gasteiger partial charge in [0.15, 0.2) is 0 Å².